The van der Waals surface area contributed by atoms with Gasteiger partial charge in [0.2, 0.25) is 5.95 Å². The van der Waals surface area contributed by atoms with Gasteiger partial charge in [0.05, 0.1) is 19.1 Å². The molecule has 1 atom stereocenters. The number of aromatic nitrogens is 2. The second kappa shape index (κ2) is 8.04. The van der Waals surface area contributed by atoms with E-state index in [4.69, 9.17) is 4.74 Å². The Bertz CT molecular complexity index is 799. The fourth-order valence-corrected chi connectivity index (χ4v) is 3.32. The first-order valence-electron chi connectivity index (χ1n) is 10.00. The minimum Gasteiger partial charge on any atom is -0.487 e. The molecule has 0 radical (unpaired) electrons. The number of amides is 2. The predicted molar refractivity (Wildman–Crippen MR) is 108 cm³/mol. The van der Waals surface area contributed by atoms with E-state index in [1.807, 2.05) is 50.5 Å². The first-order valence-corrected chi connectivity index (χ1v) is 10.00. The molecule has 148 valence electrons. The number of carbonyl (C=O) groups is 1. The lowest BCUT2D eigenvalue weighted by atomic mass is 10.1. The van der Waals surface area contributed by atoms with Crippen LogP contribution >= 0.6 is 0 Å². The fraction of sp³-hybridized carbons (Fsp3) is 0.476. The van der Waals surface area contributed by atoms with E-state index in [2.05, 4.69) is 25.5 Å². The first kappa shape index (κ1) is 18.5. The quantitative estimate of drug-likeness (QED) is 0.771. The molecule has 28 heavy (non-hydrogen) atoms. The highest BCUT2D eigenvalue weighted by Gasteiger charge is 2.31. The van der Waals surface area contributed by atoms with Crippen molar-refractivity contribution in [2.75, 3.05) is 24.5 Å². The third-order valence-electron chi connectivity index (χ3n) is 5.21. The maximum Gasteiger partial charge on any atom is 0.315 e. The molecule has 2 aromatic rings. The topological polar surface area (TPSA) is 79.4 Å². The van der Waals surface area contributed by atoms with Gasteiger partial charge < -0.3 is 20.3 Å². The van der Waals surface area contributed by atoms with E-state index < -0.39 is 0 Å². The third kappa shape index (κ3) is 4.35. The van der Waals surface area contributed by atoms with Crippen LogP contribution in [-0.2, 0) is 0 Å². The molecular weight excluding hydrogens is 354 g/mol. The molecule has 1 saturated carbocycles. The summed E-state index contributed by atoms with van der Waals surface area (Å²) in [5.41, 5.74) is 2.30. The highest BCUT2D eigenvalue weighted by atomic mass is 16.5. The molecule has 0 bridgehead atoms. The molecule has 1 aromatic heterocycles. The van der Waals surface area contributed by atoms with Crippen LogP contribution in [0.15, 0.2) is 36.7 Å². The van der Waals surface area contributed by atoms with Gasteiger partial charge in [-0.05, 0) is 55.9 Å². The lowest BCUT2D eigenvalue weighted by Crippen LogP contribution is -2.54. The van der Waals surface area contributed by atoms with E-state index in [-0.39, 0.29) is 18.2 Å². The van der Waals surface area contributed by atoms with Gasteiger partial charge >= 0.3 is 6.03 Å². The molecule has 4 rings (SSSR count). The SMILES string of the molecule is CCNC(=O)N[C@@H](C)c1ccc(OC2CN(c3ncc(C4CC4)cn3)C2)cc1. The number of nitrogens with zero attached hydrogens (tertiary/aromatic N) is 3. The van der Waals surface area contributed by atoms with Crippen LogP contribution in [0.1, 0.15) is 49.8 Å². The zero-order valence-electron chi connectivity index (χ0n) is 16.4. The normalized spacial score (nSPS) is 17.6. The van der Waals surface area contributed by atoms with Gasteiger partial charge in [0.25, 0.3) is 0 Å². The van der Waals surface area contributed by atoms with E-state index >= 15 is 0 Å². The van der Waals surface area contributed by atoms with Crippen molar-refractivity contribution in [2.45, 2.75) is 44.8 Å². The average Bonchev–Trinajstić information content (AvgIpc) is 3.50. The van der Waals surface area contributed by atoms with Crippen molar-refractivity contribution >= 4 is 12.0 Å². The van der Waals surface area contributed by atoms with Crippen molar-refractivity contribution in [3.63, 3.8) is 0 Å². The van der Waals surface area contributed by atoms with E-state index in [9.17, 15) is 4.79 Å². The zero-order chi connectivity index (χ0) is 19.5. The Balaban J connectivity index is 1.24. The molecule has 2 heterocycles. The van der Waals surface area contributed by atoms with Crippen LogP contribution in [0, 0.1) is 0 Å². The molecule has 7 heteroatoms. The number of hydrogen-bond donors (Lipinski definition) is 2. The van der Waals surface area contributed by atoms with Crippen molar-refractivity contribution in [3.8, 4) is 5.75 Å². The Morgan fingerprint density at radius 1 is 1.21 bits per heavy atom. The third-order valence-corrected chi connectivity index (χ3v) is 5.21. The molecule has 0 unspecified atom stereocenters. The zero-order valence-corrected chi connectivity index (χ0v) is 16.4. The number of ether oxygens (including phenoxy) is 1. The second-order valence-corrected chi connectivity index (χ2v) is 7.53. The second-order valence-electron chi connectivity index (χ2n) is 7.53. The van der Waals surface area contributed by atoms with Crippen LogP contribution in [-0.4, -0.2) is 41.7 Å². The van der Waals surface area contributed by atoms with E-state index in [1.54, 1.807) is 0 Å². The minimum absolute atomic E-state index is 0.0597. The minimum atomic E-state index is -0.155. The Morgan fingerprint density at radius 3 is 2.50 bits per heavy atom. The average molecular weight is 381 g/mol. The molecule has 1 aliphatic heterocycles. The summed E-state index contributed by atoms with van der Waals surface area (Å²) in [7, 11) is 0. The van der Waals surface area contributed by atoms with Crippen LogP contribution in [0.25, 0.3) is 0 Å². The summed E-state index contributed by atoms with van der Waals surface area (Å²) in [6.45, 7) is 6.05. The van der Waals surface area contributed by atoms with Gasteiger partial charge in [0.1, 0.15) is 11.9 Å². The molecule has 2 fully saturated rings. The predicted octanol–water partition coefficient (Wildman–Crippen LogP) is 3.00. The van der Waals surface area contributed by atoms with E-state index in [0.717, 1.165) is 30.4 Å². The Kier molecular flexibility index (Phi) is 5.32. The van der Waals surface area contributed by atoms with E-state index in [1.165, 1.54) is 18.4 Å². The maximum atomic E-state index is 11.6. The molecule has 2 N–H and O–H groups in total. The largest absolute Gasteiger partial charge is 0.487 e. The number of anilines is 1. The lowest BCUT2D eigenvalue weighted by Gasteiger charge is -2.38. The Labute approximate surface area is 165 Å². The fourth-order valence-electron chi connectivity index (χ4n) is 3.32. The summed E-state index contributed by atoms with van der Waals surface area (Å²) in [6.07, 6.45) is 6.60. The lowest BCUT2D eigenvalue weighted by molar-refractivity contribution is 0.166. The van der Waals surface area contributed by atoms with Crippen molar-refractivity contribution in [3.05, 3.63) is 47.8 Å². The number of rotatable bonds is 7. The summed E-state index contributed by atoms with van der Waals surface area (Å²) >= 11 is 0. The Hall–Kier alpha value is -2.83. The van der Waals surface area contributed by atoms with Crippen LogP contribution in [0.2, 0.25) is 0 Å². The van der Waals surface area contributed by atoms with Crippen LogP contribution < -0.4 is 20.3 Å². The molecule has 2 aliphatic rings. The van der Waals surface area contributed by atoms with Crippen LogP contribution in [0.3, 0.4) is 0 Å². The van der Waals surface area contributed by atoms with Gasteiger partial charge in [0.15, 0.2) is 0 Å². The summed E-state index contributed by atoms with van der Waals surface area (Å²) in [5.74, 6) is 2.30. The Morgan fingerprint density at radius 2 is 1.89 bits per heavy atom. The highest BCUT2D eigenvalue weighted by Crippen LogP contribution is 2.39. The smallest absolute Gasteiger partial charge is 0.315 e. The van der Waals surface area contributed by atoms with Crippen molar-refractivity contribution in [2.24, 2.45) is 0 Å². The number of carbonyl (C=O) groups excluding carboxylic acids is 1. The van der Waals surface area contributed by atoms with Crippen LogP contribution in [0.4, 0.5) is 10.7 Å². The first-order chi connectivity index (χ1) is 13.6. The summed E-state index contributed by atoms with van der Waals surface area (Å²) in [6, 6.07) is 7.67. The van der Waals surface area contributed by atoms with Gasteiger partial charge in [-0.1, -0.05) is 12.1 Å². The molecular formula is C21H27N5O2. The molecule has 1 aliphatic carbocycles. The number of nitrogens with one attached hydrogen (secondary N) is 2. The standard InChI is InChI=1S/C21H27N5O2/c1-3-22-21(27)25-14(2)15-6-8-18(9-7-15)28-19-12-26(13-19)20-23-10-17(11-24-20)16-4-5-16/h6-11,14,16,19H,3-5,12-13H2,1-2H3,(H2,22,25,27)/t14-/m0/s1. The van der Waals surface area contributed by atoms with Crippen molar-refractivity contribution in [1.29, 1.82) is 0 Å². The van der Waals surface area contributed by atoms with Gasteiger partial charge in [-0.25, -0.2) is 14.8 Å². The highest BCUT2D eigenvalue weighted by molar-refractivity contribution is 5.74. The summed E-state index contributed by atoms with van der Waals surface area (Å²) in [5, 5.41) is 5.65. The van der Waals surface area contributed by atoms with Crippen molar-refractivity contribution in [1.82, 2.24) is 20.6 Å². The van der Waals surface area contributed by atoms with Gasteiger partial charge in [-0.15, -0.1) is 0 Å². The molecule has 0 spiro atoms. The summed E-state index contributed by atoms with van der Waals surface area (Å²) < 4.78 is 6.03. The van der Waals surface area contributed by atoms with Crippen molar-refractivity contribution < 1.29 is 9.53 Å². The number of urea groups is 1. The van der Waals surface area contributed by atoms with Gasteiger partial charge in [-0.2, -0.15) is 0 Å². The molecule has 7 nitrogen and oxygen atoms in total. The van der Waals surface area contributed by atoms with Crippen LogP contribution in [0.5, 0.6) is 5.75 Å². The molecule has 1 saturated heterocycles. The molecule has 1 aromatic carbocycles. The van der Waals surface area contributed by atoms with Gasteiger partial charge in [-0.3, -0.25) is 0 Å². The maximum absolute atomic E-state index is 11.6. The number of benzene rings is 1. The van der Waals surface area contributed by atoms with E-state index in [0.29, 0.717) is 12.5 Å². The monoisotopic (exact) mass is 381 g/mol. The van der Waals surface area contributed by atoms with Gasteiger partial charge in [0, 0.05) is 18.9 Å². The summed E-state index contributed by atoms with van der Waals surface area (Å²) in [4.78, 5) is 22.7. The number of hydrogen-bond acceptors (Lipinski definition) is 5. The molecule has 2 amide bonds.